The Labute approximate surface area is 203 Å². The van der Waals surface area contributed by atoms with Crippen LogP contribution in [0.5, 0.6) is 0 Å². The van der Waals surface area contributed by atoms with E-state index in [2.05, 4.69) is 10.3 Å². The number of carboxylic acids is 1. The van der Waals surface area contributed by atoms with Gasteiger partial charge in [-0.05, 0) is 29.8 Å². The molecule has 1 unspecified atom stereocenters. The first-order valence-electron chi connectivity index (χ1n) is 10.6. The molecule has 0 bridgehead atoms. The van der Waals surface area contributed by atoms with E-state index in [0.29, 0.717) is 23.8 Å². The second-order valence-electron chi connectivity index (χ2n) is 8.12. The third-order valence-corrected chi connectivity index (χ3v) is 8.81. The number of carboxylic acid groups (broad SMARTS) is 1. The number of β-lactam (4-membered cyclic amide) rings is 1. The minimum atomic E-state index is -1.18. The van der Waals surface area contributed by atoms with Crippen molar-refractivity contribution in [1.29, 1.82) is 0 Å². The fourth-order valence-electron chi connectivity index (χ4n) is 4.00. The minimum absolute atomic E-state index is 0.0507. The molecule has 2 aliphatic heterocycles. The summed E-state index contributed by atoms with van der Waals surface area (Å²) >= 11 is 2.62. The number of benzene rings is 1. The number of hydrogen-bond donors (Lipinski definition) is 2. The van der Waals surface area contributed by atoms with Crippen LogP contribution in [0.1, 0.15) is 17.2 Å². The molecule has 0 spiro atoms. The lowest BCUT2D eigenvalue weighted by molar-refractivity contribution is -0.152. The monoisotopic (exact) mass is 499 g/mol. The normalized spacial score (nSPS) is 23.8. The predicted octanol–water partition coefficient (Wildman–Crippen LogP) is 2.42. The van der Waals surface area contributed by atoms with Crippen LogP contribution in [0.25, 0.3) is 0 Å². The summed E-state index contributed by atoms with van der Waals surface area (Å²) in [4.78, 5) is 43.8. The number of carbonyl (C=O) groups is 3. The minimum Gasteiger partial charge on any atom is -0.480 e. The van der Waals surface area contributed by atoms with Crippen LogP contribution in [0.4, 0.5) is 0 Å². The zero-order chi connectivity index (χ0) is 23.7. The Morgan fingerprint density at radius 2 is 2.06 bits per heavy atom. The van der Waals surface area contributed by atoms with Crippen LogP contribution in [-0.2, 0) is 27.2 Å². The molecule has 2 amide bonds. The number of nitrogens with one attached hydrogen (secondary N) is 1. The maximum Gasteiger partial charge on any atom is 0.322 e. The van der Waals surface area contributed by atoms with Gasteiger partial charge in [-0.15, -0.1) is 23.5 Å². The summed E-state index contributed by atoms with van der Waals surface area (Å²) in [5, 5.41) is 12.6. The second-order valence-corrected chi connectivity index (χ2v) is 10.7. The summed E-state index contributed by atoms with van der Waals surface area (Å²) in [5.41, 5.74) is 1.00. The highest BCUT2D eigenvalue weighted by Crippen LogP contribution is 2.46. The van der Waals surface area contributed by atoms with E-state index in [1.807, 2.05) is 24.3 Å². The number of aromatic nitrogens is 1. The third-order valence-electron chi connectivity index (χ3n) is 5.75. The quantitative estimate of drug-likeness (QED) is 0.449. The second kappa shape index (κ2) is 9.22. The van der Waals surface area contributed by atoms with Gasteiger partial charge in [0.25, 0.3) is 0 Å². The molecule has 34 heavy (non-hydrogen) atoms. The lowest BCUT2D eigenvalue weighted by Crippen LogP contribution is -2.74. The van der Waals surface area contributed by atoms with Crippen molar-refractivity contribution in [2.24, 2.45) is 0 Å². The molecule has 4 heterocycles. The molecular weight excluding hydrogens is 478 g/mol. The molecule has 0 aliphatic carbocycles. The molecule has 2 aliphatic rings. The van der Waals surface area contributed by atoms with Gasteiger partial charge in [0.1, 0.15) is 28.2 Å². The van der Waals surface area contributed by atoms with E-state index in [0.717, 1.165) is 10.5 Å². The van der Waals surface area contributed by atoms with Crippen LogP contribution in [0.3, 0.4) is 0 Å². The summed E-state index contributed by atoms with van der Waals surface area (Å²) in [6.07, 6.45) is 5.21. The van der Waals surface area contributed by atoms with Gasteiger partial charge in [0.2, 0.25) is 11.8 Å². The van der Waals surface area contributed by atoms with Crippen molar-refractivity contribution >= 4 is 41.3 Å². The van der Waals surface area contributed by atoms with Crippen molar-refractivity contribution in [2.75, 3.05) is 12.3 Å². The Morgan fingerprint density at radius 1 is 1.24 bits per heavy atom. The van der Waals surface area contributed by atoms with Crippen LogP contribution in [0, 0.1) is 0 Å². The average molecular weight is 500 g/mol. The van der Waals surface area contributed by atoms with Crippen molar-refractivity contribution in [3.8, 4) is 0 Å². The molecule has 3 aromatic rings. The zero-order valence-electron chi connectivity index (χ0n) is 17.9. The molecule has 2 aromatic heterocycles. The summed E-state index contributed by atoms with van der Waals surface area (Å²) < 4.78 is 9.27. The van der Waals surface area contributed by atoms with Crippen molar-refractivity contribution in [3.63, 3.8) is 0 Å². The van der Waals surface area contributed by atoms with E-state index < -0.39 is 16.8 Å². The van der Waals surface area contributed by atoms with Crippen LogP contribution in [0.15, 0.2) is 68.9 Å². The smallest absolute Gasteiger partial charge is 0.322 e. The molecular formula is C23H21N3O6S2. The maximum absolute atomic E-state index is 12.8. The molecule has 176 valence electrons. The first-order valence-corrected chi connectivity index (χ1v) is 12.4. The van der Waals surface area contributed by atoms with Gasteiger partial charge in [0.05, 0.1) is 18.9 Å². The Bertz CT molecular complexity index is 1180. The molecule has 0 radical (unpaired) electrons. The molecule has 2 N–H and O–H groups in total. The van der Waals surface area contributed by atoms with Crippen LogP contribution in [-0.4, -0.2) is 61.2 Å². The molecule has 1 aromatic carbocycles. The van der Waals surface area contributed by atoms with Gasteiger partial charge < -0.3 is 24.2 Å². The van der Waals surface area contributed by atoms with E-state index in [1.165, 1.54) is 36.1 Å². The number of oxazole rings is 1. The maximum atomic E-state index is 12.8. The fraction of sp³-hybridized carbons (Fsp3) is 0.304. The van der Waals surface area contributed by atoms with Crippen molar-refractivity contribution in [3.05, 3.63) is 72.3 Å². The summed E-state index contributed by atoms with van der Waals surface area (Å²) in [7, 11) is 0. The van der Waals surface area contributed by atoms with E-state index in [4.69, 9.17) is 8.83 Å². The first-order chi connectivity index (χ1) is 16.4. The third kappa shape index (κ3) is 4.45. The first kappa shape index (κ1) is 22.6. The number of furan rings is 1. The molecule has 3 atom stereocenters. The lowest BCUT2D eigenvalue weighted by Gasteiger charge is -2.53. The summed E-state index contributed by atoms with van der Waals surface area (Å²) in [6.45, 7) is 0.0755. The fourth-order valence-corrected chi connectivity index (χ4v) is 6.84. The van der Waals surface area contributed by atoms with Crippen molar-refractivity contribution < 1.29 is 28.3 Å². The number of fused-ring (bicyclic) bond motifs is 1. The van der Waals surface area contributed by atoms with E-state index in [1.54, 1.807) is 23.2 Å². The van der Waals surface area contributed by atoms with Gasteiger partial charge in [-0.25, -0.2) is 4.98 Å². The van der Waals surface area contributed by atoms with Crippen LogP contribution in [0.2, 0.25) is 0 Å². The van der Waals surface area contributed by atoms with E-state index >= 15 is 0 Å². The van der Waals surface area contributed by atoms with Crippen molar-refractivity contribution in [1.82, 2.24) is 15.2 Å². The van der Waals surface area contributed by atoms with Gasteiger partial charge in [0.15, 0.2) is 5.89 Å². The van der Waals surface area contributed by atoms with Gasteiger partial charge in [-0.2, -0.15) is 0 Å². The van der Waals surface area contributed by atoms with Crippen LogP contribution >= 0.6 is 23.5 Å². The topological polar surface area (TPSA) is 126 Å². The number of rotatable bonds is 8. The number of nitrogens with zero attached hydrogens (tertiary/aromatic N) is 2. The SMILES string of the molecule is O=C(Cc1ccco1)N[C@@H]1C(=O)N2CC(Sc3ccc(Cc4ncco4)cc3)(C(=O)O)CS[C@H]12. The zero-order valence-corrected chi connectivity index (χ0v) is 19.5. The van der Waals surface area contributed by atoms with E-state index in [-0.39, 0.29) is 30.2 Å². The standard InChI is InChI=1S/C23H21N3O6S2/c27-17(11-15-2-1-8-31-15)25-19-20(28)26-12-23(22(29)30,13-33-21(19)26)34-16-5-3-14(4-6-16)10-18-24-7-9-32-18/h1-9,19,21H,10-13H2,(H,25,27)(H,29,30)/t19-,21-,23?/m1/s1. The number of thioether (sulfide) groups is 2. The highest BCUT2D eigenvalue weighted by Gasteiger charge is 2.57. The predicted molar refractivity (Wildman–Crippen MR) is 124 cm³/mol. The molecule has 2 saturated heterocycles. The molecule has 2 fully saturated rings. The van der Waals surface area contributed by atoms with Crippen molar-refractivity contribution in [2.45, 2.75) is 33.9 Å². The molecule has 9 nitrogen and oxygen atoms in total. The molecule has 11 heteroatoms. The van der Waals surface area contributed by atoms with Gasteiger partial charge in [0, 0.05) is 23.6 Å². The lowest BCUT2D eigenvalue weighted by atomic mass is 10.0. The number of amides is 2. The molecule has 5 rings (SSSR count). The Kier molecular flexibility index (Phi) is 6.13. The highest BCUT2D eigenvalue weighted by molar-refractivity contribution is 8.05. The average Bonchev–Trinajstić information content (AvgIpc) is 3.53. The molecule has 0 saturated carbocycles. The largest absolute Gasteiger partial charge is 0.480 e. The summed E-state index contributed by atoms with van der Waals surface area (Å²) in [6, 6.07) is 10.3. The van der Waals surface area contributed by atoms with Gasteiger partial charge >= 0.3 is 5.97 Å². The van der Waals surface area contributed by atoms with Gasteiger partial charge in [-0.1, -0.05) is 12.1 Å². The summed E-state index contributed by atoms with van der Waals surface area (Å²) in [5.74, 6) is -0.0977. The Morgan fingerprint density at radius 3 is 2.74 bits per heavy atom. The number of hydrogen-bond acceptors (Lipinski definition) is 8. The number of aliphatic carboxylic acids is 1. The number of carbonyl (C=O) groups excluding carboxylic acids is 2. The Balaban J connectivity index is 1.22. The van der Waals surface area contributed by atoms with Crippen LogP contribution < -0.4 is 5.32 Å². The van der Waals surface area contributed by atoms with E-state index in [9.17, 15) is 19.5 Å². The van der Waals surface area contributed by atoms with Gasteiger partial charge in [-0.3, -0.25) is 14.4 Å². The Hall–Kier alpha value is -3.18. The highest BCUT2D eigenvalue weighted by atomic mass is 32.2.